The van der Waals surface area contributed by atoms with Gasteiger partial charge in [-0.2, -0.15) is 5.10 Å². The topological polar surface area (TPSA) is 103 Å². The summed E-state index contributed by atoms with van der Waals surface area (Å²) in [5, 5.41) is 14.4. The second-order valence-corrected chi connectivity index (χ2v) is 5.54. The average Bonchev–Trinajstić information content (AvgIpc) is 3.11. The lowest BCUT2D eigenvalue weighted by Gasteiger charge is -2.31. The summed E-state index contributed by atoms with van der Waals surface area (Å²) in [6, 6.07) is 1.97. The zero-order valence-corrected chi connectivity index (χ0v) is 12.9. The molecule has 4 rings (SSSR count). The van der Waals surface area contributed by atoms with Gasteiger partial charge in [-0.15, -0.1) is 5.10 Å². The van der Waals surface area contributed by atoms with E-state index in [9.17, 15) is 0 Å². The van der Waals surface area contributed by atoms with E-state index >= 15 is 0 Å². The number of methoxy groups -OCH3 is 1. The highest BCUT2D eigenvalue weighted by Crippen LogP contribution is 2.27. The van der Waals surface area contributed by atoms with Crippen molar-refractivity contribution >= 4 is 22.8 Å². The van der Waals surface area contributed by atoms with E-state index in [2.05, 4.69) is 37.5 Å². The molecule has 0 radical (unpaired) electrons. The summed E-state index contributed by atoms with van der Waals surface area (Å²) in [6.45, 7) is 3.66. The molecule has 2 N–H and O–H groups in total. The van der Waals surface area contributed by atoms with Crippen LogP contribution in [0.15, 0.2) is 18.5 Å². The maximum atomic E-state index is 5.27. The predicted molar refractivity (Wildman–Crippen MR) is 82.8 cm³/mol. The third kappa shape index (κ3) is 2.48. The molecular formula is C14H17N7O2. The molecule has 0 aromatic carbocycles. The van der Waals surface area contributed by atoms with E-state index in [4.69, 9.17) is 9.47 Å². The highest BCUT2D eigenvalue weighted by Gasteiger charge is 2.28. The SMILES string of the molecule is COc1cc(Nc2cnc3cnn(C(C)C4COC4)c3n2)[nH]n1. The standard InChI is InChI=1S/C14H17N7O2/c1-8(9-6-23-7-9)21-14-10(4-16-21)15-5-12(18-14)17-11-3-13(22-2)20-19-11/h3-5,8-9H,6-7H2,1-2H3,(H2,17,18,19,20). The van der Waals surface area contributed by atoms with E-state index in [-0.39, 0.29) is 6.04 Å². The van der Waals surface area contributed by atoms with Crippen LogP contribution in [-0.4, -0.2) is 50.3 Å². The molecule has 120 valence electrons. The van der Waals surface area contributed by atoms with Crippen LogP contribution in [0.2, 0.25) is 0 Å². The van der Waals surface area contributed by atoms with Crippen LogP contribution in [0.5, 0.6) is 5.88 Å². The molecule has 3 aromatic rings. The first-order chi connectivity index (χ1) is 11.2. The van der Waals surface area contributed by atoms with Crippen LogP contribution in [0.1, 0.15) is 13.0 Å². The Morgan fingerprint density at radius 3 is 3.00 bits per heavy atom. The molecule has 1 fully saturated rings. The first-order valence-electron chi connectivity index (χ1n) is 7.39. The van der Waals surface area contributed by atoms with Gasteiger partial charge in [0.1, 0.15) is 11.3 Å². The molecule has 1 saturated heterocycles. The zero-order valence-electron chi connectivity index (χ0n) is 12.9. The lowest BCUT2D eigenvalue weighted by Crippen LogP contribution is -2.34. The molecule has 0 bridgehead atoms. The van der Waals surface area contributed by atoms with Crippen LogP contribution >= 0.6 is 0 Å². The molecule has 9 nitrogen and oxygen atoms in total. The minimum absolute atomic E-state index is 0.220. The monoisotopic (exact) mass is 315 g/mol. The molecule has 0 amide bonds. The van der Waals surface area contributed by atoms with E-state index in [0.717, 1.165) is 24.4 Å². The van der Waals surface area contributed by atoms with Crippen LogP contribution in [0.25, 0.3) is 11.2 Å². The molecule has 0 aliphatic carbocycles. The van der Waals surface area contributed by atoms with Crippen molar-refractivity contribution in [1.82, 2.24) is 29.9 Å². The van der Waals surface area contributed by atoms with Crippen LogP contribution in [-0.2, 0) is 4.74 Å². The number of nitrogens with zero attached hydrogens (tertiary/aromatic N) is 5. The fourth-order valence-electron chi connectivity index (χ4n) is 2.52. The third-order valence-corrected chi connectivity index (χ3v) is 4.06. The number of hydrogen-bond acceptors (Lipinski definition) is 7. The van der Waals surface area contributed by atoms with E-state index in [1.165, 1.54) is 0 Å². The van der Waals surface area contributed by atoms with Gasteiger partial charge in [0.25, 0.3) is 0 Å². The van der Waals surface area contributed by atoms with Crippen LogP contribution < -0.4 is 10.1 Å². The van der Waals surface area contributed by atoms with Crippen molar-refractivity contribution in [3.8, 4) is 5.88 Å². The second-order valence-electron chi connectivity index (χ2n) is 5.54. The first kappa shape index (κ1) is 13.9. The normalized spacial score (nSPS) is 16.3. The third-order valence-electron chi connectivity index (χ3n) is 4.06. The van der Waals surface area contributed by atoms with Crippen molar-refractivity contribution in [2.75, 3.05) is 25.6 Å². The fourth-order valence-corrected chi connectivity index (χ4v) is 2.52. The predicted octanol–water partition coefficient (Wildman–Crippen LogP) is 1.51. The van der Waals surface area contributed by atoms with Gasteiger partial charge in [-0.05, 0) is 6.92 Å². The van der Waals surface area contributed by atoms with Gasteiger partial charge < -0.3 is 14.8 Å². The molecule has 9 heteroatoms. The Labute approximate surface area is 132 Å². The van der Waals surface area contributed by atoms with Crippen LogP contribution in [0.4, 0.5) is 11.6 Å². The summed E-state index contributed by atoms with van der Waals surface area (Å²) in [4.78, 5) is 9.03. The number of H-pyrrole nitrogens is 1. The molecule has 4 heterocycles. The maximum absolute atomic E-state index is 5.27. The Bertz CT molecular complexity index is 824. The Balaban J connectivity index is 1.63. The molecule has 1 aliphatic rings. The van der Waals surface area contributed by atoms with Crippen molar-refractivity contribution in [1.29, 1.82) is 0 Å². The zero-order chi connectivity index (χ0) is 15.8. The summed E-state index contributed by atoms with van der Waals surface area (Å²) in [5.41, 5.74) is 1.52. The van der Waals surface area contributed by atoms with E-state index < -0.39 is 0 Å². The number of nitrogens with one attached hydrogen (secondary N) is 2. The first-order valence-corrected chi connectivity index (χ1v) is 7.39. The van der Waals surface area contributed by atoms with Gasteiger partial charge in [0.2, 0.25) is 5.88 Å². The number of rotatable bonds is 5. The summed E-state index contributed by atoms with van der Waals surface area (Å²) in [6.07, 6.45) is 3.40. The Hall–Kier alpha value is -2.68. The van der Waals surface area contributed by atoms with Gasteiger partial charge in [0, 0.05) is 12.0 Å². The second kappa shape index (κ2) is 5.51. The van der Waals surface area contributed by atoms with E-state index in [1.807, 2.05) is 4.68 Å². The highest BCUT2D eigenvalue weighted by molar-refractivity contribution is 5.72. The molecule has 3 aromatic heterocycles. The molecule has 23 heavy (non-hydrogen) atoms. The molecule has 0 spiro atoms. The molecule has 1 aliphatic heterocycles. The van der Waals surface area contributed by atoms with Gasteiger partial charge in [-0.25, -0.2) is 14.6 Å². The number of anilines is 2. The largest absolute Gasteiger partial charge is 0.480 e. The van der Waals surface area contributed by atoms with E-state index in [1.54, 1.807) is 25.6 Å². The number of fused-ring (bicyclic) bond motifs is 1. The van der Waals surface area contributed by atoms with Crippen LogP contribution in [0, 0.1) is 5.92 Å². The van der Waals surface area contributed by atoms with Crippen molar-refractivity contribution in [3.05, 3.63) is 18.5 Å². The van der Waals surface area contributed by atoms with Crippen molar-refractivity contribution in [2.24, 2.45) is 5.92 Å². The number of ether oxygens (including phenoxy) is 2. The van der Waals surface area contributed by atoms with Crippen LogP contribution in [0.3, 0.4) is 0 Å². The van der Waals surface area contributed by atoms with Gasteiger partial charge in [-0.3, -0.25) is 5.10 Å². The smallest absolute Gasteiger partial charge is 0.234 e. The molecular weight excluding hydrogens is 298 g/mol. The highest BCUT2D eigenvalue weighted by atomic mass is 16.5. The Kier molecular flexibility index (Phi) is 3.34. The lowest BCUT2D eigenvalue weighted by molar-refractivity contribution is -0.0548. The van der Waals surface area contributed by atoms with Crippen molar-refractivity contribution < 1.29 is 9.47 Å². The fraction of sp³-hybridized carbons (Fsp3) is 0.429. The minimum atomic E-state index is 0.220. The van der Waals surface area contributed by atoms with Gasteiger partial charge in [-0.1, -0.05) is 0 Å². The maximum Gasteiger partial charge on any atom is 0.234 e. The Morgan fingerprint density at radius 1 is 1.43 bits per heavy atom. The Morgan fingerprint density at radius 2 is 2.30 bits per heavy atom. The van der Waals surface area contributed by atoms with Crippen molar-refractivity contribution in [3.63, 3.8) is 0 Å². The molecule has 1 atom stereocenters. The van der Waals surface area contributed by atoms with Crippen molar-refractivity contribution in [2.45, 2.75) is 13.0 Å². The summed E-state index contributed by atoms with van der Waals surface area (Å²) in [7, 11) is 1.57. The van der Waals surface area contributed by atoms with E-state index in [0.29, 0.717) is 23.4 Å². The lowest BCUT2D eigenvalue weighted by atomic mass is 10.0. The van der Waals surface area contributed by atoms with Gasteiger partial charge in [0.05, 0.1) is 38.8 Å². The number of aromatic nitrogens is 6. The molecule has 1 unspecified atom stereocenters. The average molecular weight is 315 g/mol. The van der Waals surface area contributed by atoms with Gasteiger partial charge >= 0.3 is 0 Å². The molecule has 0 saturated carbocycles. The quantitative estimate of drug-likeness (QED) is 0.735. The number of aromatic amines is 1. The minimum Gasteiger partial charge on any atom is -0.480 e. The van der Waals surface area contributed by atoms with Gasteiger partial charge in [0.15, 0.2) is 11.5 Å². The number of hydrogen-bond donors (Lipinski definition) is 2. The summed E-state index contributed by atoms with van der Waals surface area (Å²) < 4.78 is 12.2. The summed E-state index contributed by atoms with van der Waals surface area (Å²) >= 11 is 0. The summed E-state index contributed by atoms with van der Waals surface area (Å²) in [5.74, 6) is 2.27.